The molecule has 5 heteroatoms. The molecule has 3 aromatic carbocycles. The van der Waals surface area contributed by atoms with Gasteiger partial charge in [0, 0.05) is 16.1 Å². The third kappa shape index (κ3) is 6.17. The summed E-state index contributed by atoms with van der Waals surface area (Å²) >= 11 is 6.32. The second-order valence-electron chi connectivity index (χ2n) is 8.08. The van der Waals surface area contributed by atoms with Gasteiger partial charge in [-0.1, -0.05) is 49.7 Å². The highest BCUT2D eigenvalue weighted by molar-refractivity contribution is 6.31. The summed E-state index contributed by atoms with van der Waals surface area (Å²) in [4.78, 5) is 12.6. The number of hydrogen-bond acceptors (Lipinski definition) is 4. The second kappa shape index (κ2) is 11.1. The van der Waals surface area contributed by atoms with Gasteiger partial charge in [-0.15, -0.1) is 0 Å². The molecule has 172 valence electrons. The minimum Gasteiger partial charge on any atom is -0.497 e. The quantitative estimate of drug-likeness (QED) is 0.247. The van der Waals surface area contributed by atoms with Gasteiger partial charge in [0.15, 0.2) is 5.78 Å². The van der Waals surface area contributed by atoms with Gasteiger partial charge in [0.1, 0.15) is 23.9 Å². The average Bonchev–Trinajstić information content (AvgIpc) is 2.82. The monoisotopic (exact) mass is 464 g/mol. The molecule has 0 radical (unpaired) electrons. The lowest BCUT2D eigenvalue weighted by Crippen LogP contribution is -2.03. The molecule has 0 heterocycles. The topological polar surface area (TPSA) is 44.8 Å². The summed E-state index contributed by atoms with van der Waals surface area (Å²) in [5.74, 6) is 2.36. The summed E-state index contributed by atoms with van der Waals surface area (Å²) < 4.78 is 16.9. The lowest BCUT2D eigenvalue weighted by atomic mass is 10.0. The van der Waals surface area contributed by atoms with E-state index in [4.69, 9.17) is 25.8 Å². The molecule has 0 bridgehead atoms. The van der Waals surface area contributed by atoms with E-state index >= 15 is 0 Å². The molecule has 0 atom stereocenters. The molecular formula is C28H29ClO4. The van der Waals surface area contributed by atoms with Crippen LogP contribution >= 0.6 is 11.6 Å². The molecule has 0 aromatic heterocycles. The average molecular weight is 465 g/mol. The molecule has 0 N–H and O–H groups in total. The predicted molar refractivity (Wildman–Crippen MR) is 134 cm³/mol. The van der Waals surface area contributed by atoms with Crippen LogP contribution in [0, 0.1) is 6.92 Å². The maximum Gasteiger partial charge on any atom is 0.185 e. The molecule has 0 aliphatic heterocycles. The first-order valence-electron chi connectivity index (χ1n) is 10.8. The molecule has 0 fully saturated rings. The van der Waals surface area contributed by atoms with Crippen LogP contribution in [0.4, 0.5) is 0 Å². The summed E-state index contributed by atoms with van der Waals surface area (Å²) in [6.45, 7) is 6.51. The van der Waals surface area contributed by atoms with Crippen molar-refractivity contribution < 1.29 is 19.0 Å². The molecule has 0 aliphatic rings. The zero-order chi connectivity index (χ0) is 24.0. The van der Waals surface area contributed by atoms with Crippen molar-refractivity contribution in [1.29, 1.82) is 0 Å². The molecule has 4 nitrogen and oxygen atoms in total. The van der Waals surface area contributed by atoms with E-state index in [1.165, 1.54) is 0 Å². The van der Waals surface area contributed by atoms with Crippen molar-refractivity contribution in [3.8, 4) is 17.2 Å². The van der Waals surface area contributed by atoms with Crippen LogP contribution in [0.15, 0.2) is 60.7 Å². The summed E-state index contributed by atoms with van der Waals surface area (Å²) in [5, 5.41) is 0.733. The highest BCUT2D eigenvalue weighted by Gasteiger charge is 2.13. The fourth-order valence-corrected chi connectivity index (χ4v) is 3.63. The molecule has 3 aromatic rings. The lowest BCUT2D eigenvalue weighted by molar-refractivity contribution is 0.104. The lowest BCUT2D eigenvalue weighted by Gasteiger charge is -2.17. The number of halogens is 1. The highest BCUT2D eigenvalue weighted by atomic mass is 35.5. The van der Waals surface area contributed by atoms with Crippen LogP contribution in [0.1, 0.15) is 52.4 Å². The Labute approximate surface area is 200 Å². The van der Waals surface area contributed by atoms with Gasteiger partial charge in [-0.25, -0.2) is 0 Å². The van der Waals surface area contributed by atoms with E-state index < -0.39 is 0 Å². The number of ether oxygens (including phenoxy) is 3. The summed E-state index contributed by atoms with van der Waals surface area (Å²) in [7, 11) is 3.21. The van der Waals surface area contributed by atoms with Crippen molar-refractivity contribution in [2.75, 3.05) is 14.2 Å². The van der Waals surface area contributed by atoms with Crippen molar-refractivity contribution in [3.63, 3.8) is 0 Å². The van der Waals surface area contributed by atoms with E-state index in [0.29, 0.717) is 17.9 Å². The maximum atomic E-state index is 12.6. The SMILES string of the molecule is COc1cccc(C(=O)/C=C/c2ccc(OC)c(COc3cc(C)c(Cl)cc3C(C)C)c2)c1. The van der Waals surface area contributed by atoms with Crippen LogP contribution in [0.5, 0.6) is 17.2 Å². The first-order chi connectivity index (χ1) is 15.8. The van der Waals surface area contributed by atoms with Gasteiger partial charge >= 0.3 is 0 Å². The number of rotatable bonds is 9. The van der Waals surface area contributed by atoms with E-state index in [1.54, 1.807) is 44.6 Å². The Morgan fingerprint density at radius 3 is 2.48 bits per heavy atom. The first kappa shape index (κ1) is 24.4. The zero-order valence-electron chi connectivity index (χ0n) is 19.6. The number of carbonyl (C=O) groups is 1. The Kier molecular flexibility index (Phi) is 8.18. The van der Waals surface area contributed by atoms with Gasteiger partial charge in [0.25, 0.3) is 0 Å². The number of hydrogen-bond donors (Lipinski definition) is 0. The van der Waals surface area contributed by atoms with E-state index in [2.05, 4.69) is 13.8 Å². The number of methoxy groups -OCH3 is 2. The third-order valence-electron chi connectivity index (χ3n) is 5.38. The Hall–Kier alpha value is -3.24. The van der Waals surface area contributed by atoms with E-state index in [-0.39, 0.29) is 11.7 Å². The third-order valence-corrected chi connectivity index (χ3v) is 5.79. The summed E-state index contributed by atoms with van der Waals surface area (Å²) in [6, 6.07) is 16.8. The Morgan fingerprint density at radius 1 is 1.00 bits per heavy atom. The van der Waals surface area contributed by atoms with Crippen molar-refractivity contribution in [2.45, 2.75) is 33.3 Å². The van der Waals surface area contributed by atoms with Crippen molar-refractivity contribution in [2.24, 2.45) is 0 Å². The van der Waals surface area contributed by atoms with Gasteiger partial charge < -0.3 is 14.2 Å². The van der Waals surface area contributed by atoms with Gasteiger partial charge in [0.2, 0.25) is 0 Å². The van der Waals surface area contributed by atoms with Crippen molar-refractivity contribution in [1.82, 2.24) is 0 Å². The second-order valence-corrected chi connectivity index (χ2v) is 8.49. The maximum absolute atomic E-state index is 12.6. The van der Waals surface area contributed by atoms with Crippen LogP contribution in [-0.2, 0) is 6.61 Å². The molecule has 0 unspecified atom stereocenters. The summed E-state index contributed by atoms with van der Waals surface area (Å²) in [6.07, 6.45) is 3.34. The van der Waals surface area contributed by atoms with E-state index in [9.17, 15) is 4.79 Å². The fourth-order valence-electron chi connectivity index (χ4n) is 3.46. The number of allylic oxidation sites excluding steroid dienone is 1. The number of aryl methyl sites for hydroxylation is 1. The van der Waals surface area contributed by atoms with Gasteiger partial charge in [-0.05, 0) is 72.0 Å². The van der Waals surface area contributed by atoms with Gasteiger partial charge in [-0.3, -0.25) is 4.79 Å². The van der Waals surface area contributed by atoms with E-state index in [1.807, 2.05) is 43.3 Å². The molecule has 33 heavy (non-hydrogen) atoms. The molecule has 3 rings (SSSR count). The largest absolute Gasteiger partial charge is 0.497 e. The van der Waals surface area contributed by atoms with Gasteiger partial charge in [0.05, 0.1) is 14.2 Å². The minimum absolute atomic E-state index is 0.0965. The fraction of sp³-hybridized carbons (Fsp3) is 0.250. The van der Waals surface area contributed by atoms with Crippen LogP contribution < -0.4 is 14.2 Å². The van der Waals surface area contributed by atoms with Crippen LogP contribution in [0.2, 0.25) is 5.02 Å². The van der Waals surface area contributed by atoms with Crippen LogP contribution in [0.3, 0.4) is 0 Å². The van der Waals surface area contributed by atoms with Crippen molar-refractivity contribution in [3.05, 3.63) is 93.5 Å². The van der Waals surface area contributed by atoms with Crippen LogP contribution in [0.25, 0.3) is 6.08 Å². The zero-order valence-corrected chi connectivity index (χ0v) is 20.4. The molecular weight excluding hydrogens is 436 g/mol. The number of benzene rings is 3. The summed E-state index contributed by atoms with van der Waals surface area (Å²) in [5.41, 5.74) is 4.36. The predicted octanol–water partition coefficient (Wildman–Crippen LogP) is 7.26. The Balaban J connectivity index is 1.81. The van der Waals surface area contributed by atoms with Gasteiger partial charge in [-0.2, -0.15) is 0 Å². The molecule has 0 spiro atoms. The normalized spacial score (nSPS) is 11.1. The molecule has 0 amide bonds. The highest BCUT2D eigenvalue weighted by Crippen LogP contribution is 2.33. The molecule has 0 saturated heterocycles. The Bertz CT molecular complexity index is 1160. The molecule has 0 saturated carbocycles. The first-order valence-corrected chi connectivity index (χ1v) is 11.2. The van der Waals surface area contributed by atoms with Crippen molar-refractivity contribution >= 4 is 23.5 Å². The van der Waals surface area contributed by atoms with Crippen LogP contribution in [-0.4, -0.2) is 20.0 Å². The standard InChI is InChI=1S/C28H29ClO4/c1-18(2)24-16-25(29)19(3)13-28(24)33-17-22-14-20(10-12-27(22)32-5)9-11-26(30)21-7-6-8-23(15-21)31-4/h6-16,18H,17H2,1-5H3/b11-9+. The minimum atomic E-state index is -0.0965. The molecule has 0 aliphatic carbocycles. The number of ketones is 1. The smallest absolute Gasteiger partial charge is 0.185 e. The number of carbonyl (C=O) groups excluding carboxylic acids is 1. The Morgan fingerprint density at radius 2 is 1.79 bits per heavy atom. The van der Waals surface area contributed by atoms with E-state index in [0.717, 1.165) is 38.8 Å².